The van der Waals surface area contributed by atoms with Gasteiger partial charge in [-0.25, -0.2) is 19.7 Å². The number of rotatable bonds is 5. The van der Waals surface area contributed by atoms with Crippen molar-refractivity contribution in [2.75, 3.05) is 0 Å². The number of carboxylic acids is 1. The molecule has 5 aromatic rings. The minimum atomic E-state index is -1.02. The van der Waals surface area contributed by atoms with Gasteiger partial charge in [-0.2, -0.15) is 0 Å². The minimum absolute atomic E-state index is 0.142. The summed E-state index contributed by atoms with van der Waals surface area (Å²) in [5.41, 5.74) is 3.23. The number of aromatic nitrogens is 4. The van der Waals surface area contributed by atoms with Gasteiger partial charge >= 0.3 is 5.97 Å². The Balaban J connectivity index is 1.29. The highest BCUT2D eigenvalue weighted by Gasteiger charge is 2.12. The van der Waals surface area contributed by atoms with Crippen LogP contribution >= 0.6 is 0 Å². The quantitative estimate of drug-likeness (QED) is 0.454. The van der Waals surface area contributed by atoms with E-state index in [9.17, 15) is 9.59 Å². The zero-order chi connectivity index (χ0) is 21.4. The predicted molar refractivity (Wildman–Crippen MR) is 111 cm³/mol. The Morgan fingerprint density at radius 2 is 1.90 bits per heavy atom. The number of carbonyl (C=O) groups excluding carboxylic acids is 1. The summed E-state index contributed by atoms with van der Waals surface area (Å²) in [5.74, 6) is -0.328. The second kappa shape index (κ2) is 7.38. The van der Waals surface area contributed by atoms with Gasteiger partial charge in [0.05, 0.1) is 11.1 Å². The van der Waals surface area contributed by atoms with Crippen LogP contribution in [0.5, 0.6) is 0 Å². The third-order valence-electron chi connectivity index (χ3n) is 4.80. The first kappa shape index (κ1) is 18.5. The van der Waals surface area contributed by atoms with Crippen LogP contribution in [0.2, 0.25) is 0 Å². The van der Waals surface area contributed by atoms with Gasteiger partial charge in [0.15, 0.2) is 5.58 Å². The first-order chi connectivity index (χ1) is 15.1. The summed E-state index contributed by atoms with van der Waals surface area (Å²) < 4.78 is 7.39. The SMILES string of the molecule is O=C(O)c1ccc2nc(-c3ccc(CNC(=O)c4cnc5nccn5c4)cc3)oc2c1. The van der Waals surface area contributed by atoms with Gasteiger partial charge in [0, 0.05) is 36.9 Å². The molecule has 0 fully saturated rings. The Bertz CT molecular complexity index is 1440. The van der Waals surface area contributed by atoms with Crippen molar-refractivity contribution in [3.05, 3.63) is 83.9 Å². The van der Waals surface area contributed by atoms with E-state index >= 15 is 0 Å². The van der Waals surface area contributed by atoms with Crippen LogP contribution in [0.4, 0.5) is 0 Å². The molecule has 3 heterocycles. The van der Waals surface area contributed by atoms with Crippen molar-refractivity contribution in [3.8, 4) is 11.5 Å². The Morgan fingerprint density at radius 1 is 1.06 bits per heavy atom. The highest BCUT2D eigenvalue weighted by molar-refractivity contribution is 5.94. The molecule has 0 spiro atoms. The van der Waals surface area contributed by atoms with Crippen molar-refractivity contribution in [2.45, 2.75) is 6.54 Å². The molecule has 0 atom stereocenters. The maximum atomic E-state index is 12.4. The van der Waals surface area contributed by atoms with Crippen LogP contribution in [0.1, 0.15) is 26.3 Å². The summed E-state index contributed by atoms with van der Waals surface area (Å²) in [6.45, 7) is 0.344. The topological polar surface area (TPSA) is 123 Å². The standard InChI is InChI=1S/C22H15N5O4/c28-19(16-11-25-22-23-7-8-27(22)12-16)24-10-13-1-3-14(4-2-13)20-26-17-6-5-15(21(29)30)9-18(17)31-20/h1-9,11-12H,10H2,(H,24,28)(H,29,30). The normalized spacial score (nSPS) is 11.1. The number of amides is 1. The number of imidazole rings is 1. The maximum absolute atomic E-state index is 12.4. The van der Waals surface area contributed by atoms with Crippen molar-refractivity contribution >= 4 is 28.8 Å². The molecule has 0 unspecified atom stereocenters. The number of benzene rings is 2. The molecule has 152 valence electrons. The fourth-order valence-corrected chi connectivity index (χ4v) is 3.16. The fourth-order valence-electron chi connectivity index (χ4n) is 3.16. The molecule has 3 aromatic heterocycles. The molecule has 0 bridgehead atoms. The lowest BCUT2D eigenvalue weighted by molar-refractivity contribution is 0.0696. The van der Waals surface area contributed by atoms with E-state index in [-0.39, 0.29) is 11.5 Å². The number of carboxylic acid groups (broad SMARTS) is 1. The first-order valence-electron chi connectivity index (χ1n) is 9.37. The second-order valence-electron chi connectivity index (χ2n) is 6.86. The molecule has 9 heteroatoms. The largest absolute Gasteiger partial charge is 0.478 e. The van der Waals surface area contributed by atoms with Crippen molar-refractivity contribution in [2.24, 2.45) is 0 Å². The Kier molecular flexibility index (Phi) is 4.40. The first-order valence-corrected chi connectivity index (χ1v) is 9.37. The monoisotopic (exact) mass is 413 g/mol. The molecular weight excluding hydrogens is 398 g/mol. The molecule has 5 rings (SSSR count). The molecule has 1 amide bonds. The molecular formula is C22H15N5O4. The van der Waals surface area contributed by atoms with Gasteiger partial charge < -0.3 is 14.8 Å². The average molecular weight is 413 g/mol. The molecule has 0 aliphatic carbocycles. The molecule has 2 N–H and O–H groups in total. The van der Waals surface area contributed by atoms with Crippen LogP contribution in [0.15, 0.2) is 71.7 Å². The van der Waals surface area contributed by atoms with Crippen LogP contribution in [-0.4, -0.2) is 36.3 Å². The van der Waals surface area contributed by atoms with E-state index < -0.39 is 5.97 Å². The van der Waals surface area contributed by atoms with Crippen LogP contribution in [-0.2, 0) is 6.54 Å². The number of aromatic carboxylic acids is 1. The fraction of sp³-hybridized carbons (Fsp3) is 0.0455. The summed E-state index contributed by atoms with van der Waals surface area (Å²) in [4.78, 5) is 36.1. The lowest BCUT2D eigenvalue weighted by atomic mass is 10.1. The van der Waals surface area contributed by atoms with Crippen molar-refractivity contribution in [1.82, 2.24) is 24.7 Å². The number of nitrogens with one attached hydrogen (secondary N) is 1. The summed E-state index contributed by atoms with van der Waals surface area (Å²) in [5, 5.41) is 12.0. The number of fused-ring (bicyclic) bond motifs is 2. The zero-order valence-electron chi connectivity index (χ0n) is 16.0. The van der Waals surface area contributed by atoms with E-state index in [1.807, 2.05) is 24.3 Å². The van der Waals surface area contributed by atoms with E-state index in [0.717, 1.165) is 11.1 Å². The summed E-state index contributed by atoms with van der Waals surface area (Å²) in [6.07, 6.45) is 6.51. The number of carbonyl (C=O) groups is 2. The predicted octanol–water partition coefficient (Wildman–Crippen LogP) is 3.17. The highest BCUT2D eigenvalue weighted by Crippen LogP contribution is 2.25. The van der Waals surface area contributed by atoms with Crippen LogP contribution < -0.4 is 5.32 Å². The maximum Gasteiger partial charge on any atom is 0.335 e. The minimum Gasteiger partial charge on any atom is -0.478 e. The molecule has 9 nitrogen and oxygen atoms in total. The Morgan fingerprint density at radius 3 is 2.71 bits per heavy atom. The number of oxazole rings is 1. The third-order valence-corrected chi connectivity index (χ3v) is 4.80. The van der Waals surface area contributed by atoms with Crippen LogP contribution in [0, 0.1) is 0 Å². The lowest BCUT2D eigenvalue weighted by Crippen LogP contribution is -2.23. The molecule has 2 aromatic carbocycles. The third kappa shape index (κ3) is 3.60. The molecule has 0 aliphatic rings. The molecule has 0 aliphatic heterocycles. The molecule has 0 radical (unpaired) electrons. The number of hydrogen-bond donors (Lipinski definition) is 2. The van der Waals surface area contributed by atoms with Gasteiger partial charge in [-0.1, -0.05) is 12.1 Å². The van der Waals surface area contributed by atoms with Gasteiger partial charge in [-0.05, 0) is 35.9 Å². The van der Waals surface area contributed by atoms with E-state index in [1.54, 1.807) is 29.1 Å². The molecule has 31 heavy (non-hydrogen) atoms. The highest BCUT2D eigenvalue weighted by atomic mass is 16.4. The van der Waals surface area contributed by atoms with Gasteiger partial charge in [0.25, 0.3) is 5.91 Å². The van der Waals surface area contributed by atoms with Crippen molar-refractivity contribution in [1.29, 1.82) is 0 Å². The van der Waals surface area contributed by atoms with Gasteiger partial charge in [0.2, 0.25) is 11.7 Å². The van der Waals surface area contributed by atoms with E-state index in [1.165, 1.54) is 18.3 Å². The molecule has 0 saturated carbocycles. The van der Waals surface area contributed by atoms with E-state index in [0.29, 0.717) is 34.9 Å². The van der Waals surface area contributed by atoms with Crippen LogP contribution in [0.3, 0.4) is 0 Å². The zero-order valence-corrected chi connectivity index (χ0v) is 16.0. The van der Waals surface area contributed by atoms with Crippen molar-refractivity contribution < 1.29 is 19.1 Å². The van der Waals surface area contributed by atoms with Gasteiger partial charge in [0.1, 0.15) is 5.52 Å². The Hall–Kier alpha value is -4.53. The van der Waals surface area contributed by atoms with Crippen molar-refractivity contribution in [3.63, 3.8) is 0 Å². The summed E-state index contributed by atoms with van der Waals surface area (Å²) >= 11 is 0. The van der Waals surface area contributed by atoms with Gasteiger partial charge in [-0.15, -0.1) is 0 Å². The van der Waals surface area contributed by atoms with Gasteiger partial charge in [-0.3, -0.25) is 9.20 Å². The smallest absolute Gasteiger partial charge is 0.335 e. The number of hydrogen-bond acceptors (Lipinski definition) is 6. The number of nitrogens with zero attached hydrogens (tertiary/aromatic N) is 4. The average Bonchev–Trinajstić information content (AvgIpc) is 3.43. The summed E-state index contributed by atoms with van der Waals surface area (Å²) in [7, 11) is 0. The lowest BCUT2D eigenvalue weighted by Gasteiger charge is -2.06. The summed E-state index contributed by atoms with van der Waals surface area (Å²) in [6, 6.07) is 12.0. The van der Waals surface area contributed by atoms with Crippen LogP contribution in [0.25, 0.3) is 28.3 Å². The Labute approximate surface area is 175 Å². The second-order valence-corrected chi connectivity index (χ2v) is 6.86. The van der Waals surface area contributed by atoms with E-state index in [2.05, 4.69) is 20.3 Å². The molecule has 0 saturated heterocycles. The van der Waals surface area contributed by atoms with E-state index in [4.69, 9.17) is 9.52 Å².